The summed E-state index contributed by atoms with van der Waals surface area (Å²) in [5, 5.41) is 6.35. The summed E-state index contributed by atoms with van der Waals surface area (Å²) in [6, 6.07) is 6.25. The number of anilines is 1. The summed E-state index contributed by atoms with van der Waals surface area (Å²) in [5.41, 5.74) is 2.02. The van der Waals surface area contributed by atoms with Gasteiger partial charge in [0.25, 0.3) is 5.91 Å². The lowest BCUT2D eigenvalue weighted by Crippen LogP contribution is -2.34. The first kappa shape index (κ1) is 26.8. The van der Waals surface area contributed by atoms with E-state index in [-0.39, 0.29) is 34.4 Å². The molecule has 1 heterocycles. The average molecular weight is 517 g/mol. The molecule has 0 fully saturated rings. The van der Waals surface area contributed by atoms with Gasteiger partial charge in [-0.15, -0.1) is 11.3 Å². The van der Waals surface area contributed by atoms with E-state index in [4.69, 9.17) is 21.7 Å². The summed E-state index contributed by atoms with van der Waals surface area (Å²) in [4.78, 5) is 37.9. The third-order valence-electron chi connectivity index (χ3n) is 6.57. The molecule has 0 radical (unpaired) electrons. The van der Waals surface area contributed by atoms with Gasteiger partial charge in [-0.05, 0) is 73.5 Å². The second-order valence-electron chi connectivity index (χ2n) is 9.24. The van der Waals surface area contributed by atoms with Gasteiger partial charge in [0.2, 0.25) is 0 Å². The standard InChI is InChI=1S/C26H32N2O5S2/c1-6-26(4,5)17-11-12-19-20(14-17)35-23(21(19)24(31)32-7-2)28-25(34)27-22(30)16-9-8-10-18(13-16)33-15(3)29/h8-10,13,17H,6-7,11-12,14H2,1-5H3,(H2,27,28,30,34)/t17-/m0/s1. The summed E-state index contributed by atoms with van der Waals surface area (Å²) in [5.74, 6) is -0.525. The van der Waals surface area contributed by atoms with E-state index in [1.165, 1.54) is 24.3 Å². The lowest BCUT2D eigenvalue weighted by Gasteiger charge is -2.36. The zero-order chi connectivity index (χ0) is 25.8. The van der Waals surface area contributed by atoms with Crippen molar-refractivity contribution in [2.45, 2.75) is 60.3 Å². The zero-order valence-corrected chi connectivity index (χ0v) is 22.4. The van der Waals surface area contributed by atoms with E-state index in [0.717, 1.165) is 36.1 Å². The van der Waals surface area contributed by atoms with Crippen molar-refractivity contribution < 1.29 is 23.9 Å². The smallest absolute Gasteiger partial charge is 0.341 e. The Labute approximate surface area is 215 Å². The number of carbonyl (C=O) groups excluding carboxylic acids is 3. The second-order valence-corrected chi connectivity index (χ2v) is 10.8. The first-order valence-electron chi connectivity index (χ1n) is 11.8. The molecule has 0 aliphatic heterocycles. The largest absolute Gasteiger partial charge is 0.462 e. The number of thiocarbonyl (C=S) groups is 1. The van der Waals surface area contributed by atoms with Crippen molar-refractivity contribution >= 4 is 51.5 Å². The van der Waals surface area contributed by atoms with E-state index < -0.39 is 11.9 Å². The maximum Gasteiger partial charge on any atom is 0.341 e. The molecule has 0 saturated carbocycles. The first-order chi connectivity index (χ1) is 16.6. The van der Waals surface area contributed by atoms with Crippen LogP contribution in [0.4, 0.5) is 5.00 Å². The van der Waals surface area contributed by atoms with Crippen molar-refractivity contribution in [3.05, 3.63) is 45.8 Å². The van der Waals surface area contributed by atoms with Gasteiger partial charge in [-0.2, -0.15) is 0 Å². The minimum Gasteiger partial charge on any atom is -0.462 e. The molecule has 1 aromatic carbocycles. The number of fused-ring (bicyclic) bond motifs is 1. The molecular weight excluding hydrogens is 484 g/mol. The van der Waals surface area contributed by atoms with Crippen LogP contribution in [0.25, 0.3) is 0 Å². The Morgan fingerprint density at radius 1 is 1.23 bits per heavy atom. The Morgan fingerprint density at radius 2 is 1.97 bits per heavy atom. The molecule has 1 aliphatic carbocycles. The fraction of sp³-hybridized carbons (Fsp3) is 0.462. The summed E-state index contributed by atoms with van der Waals surface area (Å²) in [6.07, 6.45) is 3.80. The molecule has 0 unspecified atom stereocenters. The number of ether oxygens (including phenoxy) is 2. The van der Waals surface area contributed by atoms with Crippen molar-refractivity contribution in [3.8, 4) is 5.75 Å². The van der Waals surface area contributed by atoms with Gasteiger partial charge in [0, 0.05) is 17.4 Å². The number of hydrogen-bond donors (Lipinski definition) is 2. The van der Waals surface area contributed by atoms with E-state index in [1.807, 2.05) is 0 Å². The number of amides is 1. The number of carbonyl (C=O) groups is 3. The molecule has 3 rings (SSSR count). The number of rotatable bonds is 7. The van der Waals surface area contributed by atoms with Gasteiger partial charge in [-0.25, -0.2) is 4.79 Å². The Balaban J connectivity index is 1.80. The number of esters is 2. The summed E-state index contributed by atoms with van der Waals surface area (Å²) in [6.45, 7) is 10.1. The highest BCUT2D eigenvalue weighted by Crippen LogP contribution is 2.45. The molecule has 2 aromatic rings. The highest BCUT2D eigenvalue weighted by atomic mass is 32.1. The van der Waals surface area contributed by atoms with Gasteiger partial charge in [-0.3, -0.25) is 14.9 Å². The molecule has 0 saturated heterocycles. The van der Waals surface area contributed by atoms with Crippen LogP contribution in [0.1, 0.15) is 78.6 Å². The minimum atomic E-state index is -0.475. The van der Waals surface area contributed by atoms with E-state index in [9.17, 15) is 14.4 Å². The normalized spacial score (nSPS) is 15.1. The Bertz CT molecular complexity index is 1140. The van der Waals surface area contributed by atoms with Crippen molar-refractivity contribution in [1.82, 2.24) is 5.32 Å². The SMILES string of the molecule is CCOC(=O)c1c(NC(=S)NC(=O)c2cccc(OC(C)=O)c2)sc2c1CC[C@H](C(C)(C)CC)C2. The van der Waals surface area contributed by atoms with Gasteiger partial charge in [0.15, 0.2) is 5.11 Å². The van der Waals surface area contributed by atoms with Crippen LogP contribution in [0.2, 0.25) is 0 Å². The molecule has 0 bridgehead atoms. The van der Waals surface area contributed by atoms with Crippen LogP contribution in [0.5, 0.6) is 5.75 Å². The second kappa shape index (κ2) is 11.3. The molecule has 35 heavy (non-hydrogen) atoms. The number of hydrogen-bond acceptors (Lipinski definition) is 7. The van der Waals surface area contributed by atoms with Gasteiger partial charge < -0.3 is 14.8 Å². The number of thiophene rings is 1. The van der Waals surface area contributed by atoms with Crippen LogP contribution in [-0.4, -0.2) is 29.6 Å². The molecule has 1 amide bonds. The van der Waals surface area contributed by atoms with Crippen LogP contribution in [0, 0.1) is 11.3 Å². The van der Waals surface area contributed by atoms with Crippen molar-refractivity contribution in [2.75, 3.05) is 11.9 Å². The lowest BCUT2D eigenvalue weighted by molar-refractivity contribution is -0.131. The predicted octanol–water partition coefficient (Wildman–Crippen LogP) is 5.52. The maximum atomic E-state index is 12.9. The molecule has 2 N–H and O–H groups in total. The van der Waals surface area contributed by atoms with Crippen LogP contribution >= 0.6 is 23.6 Å². The van der Waals surface area contributed by atoms with Gasteiger partial charge in [-0.1, -0.05) is 33.3 Å². The molecular formula is C26H32N2O5S2. The van der Waals surface area contributed by atoms with Gasteiger partial charge >= 0.3 is 11.9 Å². The van der Waals surface area contributed by atoms with Crippen LogP contribution in [0.3, 0.4) is 0 Å². The summed E-state index contributed by atoms with van der Waals surface area (Å²) >= 11 is 6.89. The van der Waals surface area contributed by atoms with Crippen LogP contribution < -0.4 is 15.4 Å². The highest BCUT2D eigenvalue weighted by molar-refractivity contribution is 7.80. The van der Waals surface area contributed by atoms with Crippen molar-refractivity contribution in [3.63, 3.8) is 0 Å². The zero-order valence-electron chi connectivity index (χ0n) is 20.8. The Hall–Kier alpha value is -2.78. The topological polar surface area (TPSA) is 93.7 Å². The van der Waals surface area contributed by atoms with Gasteiger partial charge in [0.1, 0.15) is 10.8 Å². The third-order valence-corrected chi connectivity index (χ3v) is 7.95. The van der Waals surface area contributed by atoms with Gasteiger partial charge in [0.05, 0.1) is 12.2 Å². The lowest BCUT2D eigenvalue weighted by atomic mass is 9.69. The highest BCUT2D eigenvalue weighted by Gasteiger charge is 2.35. The quantitative estimate of drug-likeness (QED) is 0.284. The first-order valence-corrected chi connectivity index (χ1v) is 13.0. The fourth-order valence-corrected chi connectivity index (χ4v) is 5.80. The minimum absolute atomic E-state index is 0.0717. The van der Waals surface area contributed by atoms with E-state index in [0.29, 0.717) is 16.5 Å². The Kier molecular flexibility index (Phi) is 8.66. The summed E-state index contributed by atoms with van der Waals surface area (Å²) < 4.78 is 10.4. The Morgan fingerprint density at radius 3 is 2.63 bits per heavy atom. The maximum absolute atomic E-state index is 12.9. The van der Waals surface area contributed by atoms with Crippen LogP contribution in [0.15, 0.2) is 24.3 Å². The van der Waals surface area contributed by atoms with E-state index in [2.05, 4.69) is 31.4 Å². The molecule has 7 nitrogen and oxygen atoms in total. The predicted molar refractivity (Wildman–Crippen MR) is 141 cm³/mol. The van der Waals surface area contributed by atoms with Crippen molar-refractivity contribution in [2.24, 2.45) is 11.3 Å². The van der Waals surface area contributed by atoms with Crippen molar-refractivity contribution in [1.29, 1.82) is 0 Å². The molecule has 1 atom stereocenters. The fourth-order valence-electron chi connectivity index (χ4n) is 4.23. The summed E-state index contributed by atoms with van der Waals surface area (Å²) in [7, 11) is 0. The number of nitrogens with one attached hydrogen (secondary N) is 2. The monoisotopic (exact) mass is 516 g/mol. The number of benzene rings is 1. The molecule has 9 heteroatoms. The molecule has 188 valence electrons. The molecule has 1 aliphatic rings. The van der Waals surface area contributed by atoms with E-state index in [1.54, 1.807) is 25.1 Å². The molecule has 0 spiro atoms. The molecule has 1 aromatic heterocycles. The third kappa shape index (κ3) is 6.46. The average Bonchev–Trinajstić information content (AvgIpc) is 3.15. The van der Waals surface area contributed by atoms with E-state index >= 15 is 0 Å². The van der Waals surface area contributed by atoms with Crippen LogP contribution in [-0.2, 0) is 22.4 Å².